The van der Waals surface area contributed by atoms with Crippen LogP contribution in [0.2, 0.25) is 0 Å². The van der Waals surface area contributed by atoms with E-state index < -0.39 is 7.92 Å². The number of hydrogen-bond acceptors (Lipinski definition) is 2. The lowest BCUT2D eigenvalue weighted by atomic mass is 9.44. The monoisotopic (exact) mass is 439 g/mol. The van der Waals surface area contributed by atoms with E-state index in [1.165, 1.54) is 34.3 Å². The maximum atomic E-state index is 6.44. The van der Waals surface area contributed by atoms with Crippen LogP contribution < -0.4 is 15.9 Å². The molecule has 0 N–H and O–H groups in total. The molecule has 3 fully saturated rings. The zero-order valence-corrected chi connectivity index (χ0v) is 19.7. The third-order valence-corrected chi connectivity index (χ3v) is 10.7. The first-order chi connectivity index (χ1) is 15.6. The van der Waals surface area contributed by atoms with E-state index in [0.29, 0.717) is 17.4 Å². The second-order valence-electron chi connectivity index (χ2n) is 10.1. The molecule has 3 heteroatoms. The van der Waals surface area contributed by atoms with Crippen molar-refractivity contribution in [2.75, 3.05) is 6.61 Å². The van der Waals surface area contributed by atoms with Crippen LogP contribution in [0.3, 0.4) is 0 Å². The van der Waals surface area contributed by atoms with Gasteiger partial charge in [0, 0.05) is 11.5 Å². The lowest BCUT2D eigenvalue weighted by molar-refractivity contribution is -0.129. The third-order valence-electron chi connectivity index (χ3n) is 8.18. The molecule has 0 aromatic heterocycles. The van der Waals surface area contributed by atoms with Crippen molar-refractivity contribution in [1.82, 2.24) is 0 Å². The van der Waals surface area contributed by atoms with Crippen molar-refractivity contribution in [3.05, 3.63) is 90.5 Å². The molecule has 1 heterocycles. The Balaban J connectivity index is 1.41. The molecule has 4 atom stereocenters. The van der Waals surface area contributed by atoms with Crippen molar-refractivity contribution in [3.8, 4) is 0 Å². The SMILES string of the molecule is CC1(C)[C@H]2C[C@@H]3N=C(c4ccccc4P(c4ccccc4)c4ccccc4)OC[C@H]3[C@@H]1C2. The van der Waals surface area contributed by atoms with Gasteiger partial charge in [-0.15, -0.1) is 0 Å². The quantitative estimate of drug-likeness (QED) is 0.508. The predicted molar refractivity (Wildman–Crippen MR) is 135 cm³/mol. The summed E-state index contributed by atoms with van der Waals surface area (Å²) in [4.78, 5) is 5.26. The molecule has 4 aliphatic rings. The van der Waals surface area contributed by atoms with E-state index in [1.54, 1.807) is 0 Å². The first-order valence-electron chi connectivity index (χ1n) is 11.8. The summed E-state index contributed by atoms with van der Waals surface area (Å²) < 4.78 is 6.44. The van der Waals surface area contributed by atoms with Crippen molar-refractivity contribution in [1.29, 1.82) is 0 Å². The van der Waals surface area contributed by atoms with E-state index >= 15 is 0 Å². The molecule has 3 aromatic carbocycles. The maximum absolute atomic E-state index is 6.44. The van der Waals surface area contributed by atoms with Crippen LogP contribution in [0.4, 0.5) is 0 Å². The fourth-order valence-electron chi connectivity index (χ4n) is 6.23. The Hall–Kier alpha value is -2.44. The highest BCUT2D eigenvalue weighted by molar-refractivity contribution is 7.80. The average Bonchev–Trinajstić information content (AvgIpc) is 2.85. The number of ether oxygens (including phenoxy) is 1. The van der Waals surface area contributed by atoms with E-state index in [0.717, 1.165) is 24.3 Å². The second-order valence-corrected chi connectivity index (χ2v) is 12.3. The maximum Gasteiger partial charge on any atom is 0.217 e. The van der Waals surface area contributed by atoms with Gasteiger partial charge in [0.25, 0.3) is 0 Å². The lowest BCUT2D eigenvalue weighted by Crippen LogP contribution is -2.59. The van der Waals surface area contributed by atoms with Crippen molar-refractivity contribution in [3.63, 3.8) is 0 Å². The van der Waals surface area contributed by atoms with Gasteiger partial charge in [-0.1, -0.05) is 92.7 Å². The molecule has 3 aromatic rings. The Labute approximate surface area is 192 Å². The van der Waals surface area contributed by atoms with E-state index in [9.17, 15) is 0 Å². The molecule has 0 spiro atoms. The van der Waals surface area contributed by atoms with Gasteiger partial charge in [-0.25, -0.2) is 4.99 Å². The normalized spacial score (nSPS) is 27.7. The molecule has 0 radical (unpaired) electrons. The lowest BCUT2D eigenvalue weighted by Gasteiger charge is -2.62. The van der Waals surface area contributed by atoms with Gasteiger partial charge in [0.2, 0.25) is 5.90 Å². The van der Waals surface area contributed by atoms with Gasteiger partial charge in [0.05, 0.1) is 12.6 Å². The van der Waals surface area contributed by atoms with Crippen molar-refractivity contribution in [2.45, 2.75) is 32.7 Å². The summed E-state index contributed by atoms with van der Waals surface area (Å²) in [6, 6.07) is 31.0. The number of hydrogen-bond donors (Lipinski definition) is 0. The highest BCUT2D eigenvalue weighted by Crippen LogP contribution is 2.62. The molecular formula is C29H30NOP. The first kappa shape index (κ1) is 20.2. The van der Waals surface area contributed by atoms with E-state index in [2.05, 4.69) is 98.8 Å². The first-order valence-corrected chi connectivity index (χ1v) is 13.2. The Morgan fingerprint density at radius 1 is 0.812 bits per heavy atom. The Morgan fingerprint density at radius 2 is 1.44 bits per heavy atom. The fourth-order valence-corrected chi connectivity index (χ4v) is 8.68. The smallest absolute Gasteiger partial charge is 0.217 e. The highest BCUT2D eigenvalue weighted by atomic mass is 31.1. The van der Waals surface area contributed by atoms with Crippen LogP contribution >= 0.6 is 7.92 Å². The van der Waals surface area contributed by atoms with Crippen LogP contribution in [0.5, 0.6) is 0 Å². The van der Waals surface area contributed by atoms with Gasteiger partial charge in [-0.2, -0.15) is 0 Å². The van der Waals surface area contributed by atoms with E-state index in [1.807, 2.05) is 0 Å². The summed E-state index contributed by atoms with van der Waals surface area (Å²) in [7, 11) is -0.687. The van der Waals surface area contributed by atoms with Crippen molar-refractivity contribution < 1.29 is 4.74 Å². The molecular weight excluding hydrogens is 409 g/mol. The van der Waals surface area contributed by atoms with Crippen molar-refractivity contribution in [2.24, 2.45) is 28.2 Å². The van der Waals surface area contributed by atoms with Gasteiger partial charge in [0.1, 0.15) is 0 Å². The molecule has 7 rings (SSSR count). The summed E-state index contributed by atoms with van der Waals surface area (Å²) in [5.74, 6) is 3.02. The molecule has 0 unspecified atom stereocenters. The van der Waals surface area contributed by atoms with E-state index in [-0.39, 0.29) is 0 Å². The molecule has 3 saturated carbocycles. The molecule has 0 amide bonds. The summed E-state index contributed by atoms with van der Waals surface area (Å²) in [6.45, 7) is 5.71. The number of aliphatic imine (C=N–C) groups is 1. The summed E-state index contributed by atoms with van der Waals surface area (Å²) in [5.41, 5.74) is 1.63. The molecule has 1 aliphatic heterocycles. The molecule has 3 aliphatic carbocycles. The number of nitrogens with zero attached hydrogens (tertiary/aromatic N) is 1. The minimum atomic E-state index is -0.687. The fraction of sp³-hybridized carbons (Fsp3) is 0.345. The molecule has 32 heavy (non-hydrogen) atoms. The minimum absolute atomic E-state index is 0.420. The molecule has 0 saturated heterocycles. The van der Waals surface area contributed by atoms with Crippen LogP contribution in [-0.4, -0.2) is 18.5 Å². The zero-order valence-electron chi connectivity index (χ0n) is 18.8. The van der Waals surface area contributed by atoms with Crippen LogP contribution in [0.25, 0.3) is 0 Å². The average molecular weight is 440 g/mol. The summed E-state index contributed by atoms with van der Waals surface area (Å²) >= 11 is 0. The van der Waals surface area contributed by atoms with Crippen molar-refractivity contribution >= 4 is 29.7 Å². The molecule has 2 nitrogen and oxygen atoms in total. The Morgan fingerprint density at radius 3 is 2.09 bits per heavy atom. The van der Waals surface area contributed by atoms with Gasteiger partial charge in [-0.3, -0.25) is 0 Å². The predicted octanol–water partition coefficient (Wildman–Crippen LogP) is 5.27. The second kappa shape index (κ2) is 7.85. The van der Waals surface area contributed by atoms with Crippen LogP contribution in [0.1, 0.15) is 32.3 Å². The van der Waals surface area contributed by atoms with Crippen LogP contribution in [0.15, 0.2) is 89.9 Å². The van der Waals surface area contributed by atoms with Gasteiger partial charge < -0.3 is 4.74 Å². The van der Waals surface area contributed by atoms with Gasteiger partial charge in [0.15, 0.2) is 0 Å². The van der Waals surface area contributed by atoms with Gasteiger partial charge >= 0.3 is 0 Å². The highest BCUT2D eigenvalue weighted by Gasteiger charge is 2.58. The van der Waals surface area contributed by atoms with Crippen LogP contribution in [-0.2, 0) is 4.74 Å². The Bertz CT molecular complexity index is 1100. The standard InChI is InChI=1S/C29H30NOP/c1-29(2)20-17-25(29)24-19-31-28(30-26(24)18-20)23-15-9-10-16-27(23)32(21-11-5-3-6-12-21)22-13-7-4-8-14-22/h3-16,20,24-26H,17-19H2,1-2H3/t20-,24+,25+,26+/m1/s1. The number of benzene rings is 3. The molecule has 162 valence electrons. The van der Waals surface area contributed by atoms with Crippen LogP contribution in [0, 0.1) is 23.2 Å². The van der Waals surface area contributed by atoms with Gasteiger partial charge in [-0.05, 0) is 60.0 Å². The zero-order chi connectivity index (χ0) is 21.7. The van der Waals surface area contributed by atoms with E-state index in [4.69, 9.17) is 9.73 Å². The minimum Gasteiger partial charge on any atom is -0.477 e. The largest absolute Gasteiger partial charge is 0.477 e. The number of rotatable bonds is 4. The molecule has 2 bridgehead atoms. The summed E-state index contributed by atoms with van der Waals surface area (Å²) in [5, 5.41) is 4.05. The topological polar surface area (TPSA) is 21.6 Å². The summed E-state index contributed by atoms with van der Waals surface area (Å²) in [6.07, 6.45) is 2.58. The third kappa shape index (κ3) is 3.23. The Kier molecular flexibility index (Phi) is 4.95.